The van der Waals surface area contributed by atoms with Gasteiger partial charge < -0.3 is 0 Å². The molecule has 0 saturated carbocycles. The third kappa shape index (κ3) is 1.95. The highest BCUT2D eigenvalue weighted by atomic mass is 32.1. The van der Waals surface area contributed by atoms with Gasteiger partial charge in [-0.25, -0.2) is 0 Å². The van der Waals surface area contributed by atoms with Crippen molar-refractivity contribution in [3.8, 4) is 0 Å². The van der Waals surface area contributed by atoms with Crippen molar-refractivity contribution >= 4 is 34.2 Å². The Hall–Kier alpha value is -0.740. The van der Waals surface area contributed by atoms with Crippen molar-refractivity contribution < 1.29 is 0 Å². The maximum Gasteiger partial charge on any atom is 0.278 e. The molecule has 0 N–H and O–H groups in total. The molecular weight excluding hydrogens is 202 g/mol. The molecule has 2 nitrogen and oxygen atoms in total. The standard InChI is InChI=1S/C7H5NOS2.C2H6/c9-7-6-5(2-4-11-6)1-3-8(7)10;1-2/h1-4,10H;1-2H3. The van der Waals surface area contributed by atoms with Crippen LogP contribution in [0, 0.1) is 0 Å². The number of pyridine rings is 1. The Morgan fingerprint density at radius 3 is 2.77 bits per heavy atom. The predicted octanol–water partition coefficient (Wildman–Crippen LogP) is 2.78. The first-order chi connectivity index (χ1) is 6.29. The normalized spacial score (nSPS) is 9.46. The van der Waals surface area contributed by atoms with Crippen LogP contribution in [-0.2, 0) is 0 Å². The van der Waals surface area contributed by atoms with E-state index in [0.717, 1.165) is 10.1 Å². The van der Waals surface area contributed by atoms with Gasteiger partial charge in [-0.3, -0.25) is 8.77 Å². The molecule has 0 saturated heterocycles. The van der Waals surface area contributed by atoms with Crippen LogP contribution in [0.4, 0.5) is 0 Å². The fraction of sp³-hybridized carbons (Fsp3) is 0.222. The fourth-order valence-corrected chi connectivity index (χ4v) is 2.00. The highest BCUT2D eigenvalue weighted by molar-refractivity contribution is 7.78. The zero-order valence-electron chi connectivity index (χ0n) is 7.52. The molecule has 2 rings (SSSR count). The number of thiophene rings is 1. The predicted molar refractivity (Wildman–Crippen MR) is 61.8 cm³/mol. The number of aromatic nitrogens is 1. The molecule has 0 atom stereocenters. The molecule has 0 aliphatic rings. The highest BCUT2D eigenvalue weighted by Crippen LogP contribution is 2.15. The van der Waals surface area contributed by atoms with Gasteiger partial charge in [-0.1, -0.05) is 26.7 Å². The summed E-state index contributed by atoms with van der Waals surface area (Å²) in [5.41, 5.74) is -0.0409. The van der Waals surface area contributed by atoms with E-state index >= 15 is 0 Å². The van der Waals surface area contributed by atoms with Crippen molar-refractivity contribution in [2.75, 3.05) is 0 Å². The highest BCUT2D eigenvalue weighted by Gasteiger charge is 1.99. The number of rotatable bonds is 0. The monoisotopic (exact) mass is 213 g/mol. The number of hydrogen-bond acceptors (Lipinski definition) is 3. The fourth-order valence-electron chi connectivity index (χ4n) is 0.947. The van der Waals surface area contributed by atoms with Crippen LogP contribution < -0.4 is 5.56 Å². The molecule has 13 heavy (non-hydrogen) atoms. The van der Waals surface area contributed by atoms with Crippen molar-refractivity contribution in [1.82, 2.24) is 3.97 Å². The first-order valence-electron chi connectivity index (χ1n) is 4.07. The molecular formula is C9H11NOS2. The van der Waals surface area contributed by atoms with Gasteiger partial charge in [0.05, 0.1) is 0 Å². The summed E-state index contributed by atoms with van der Waals surface area (Å²) in [4.78, 5) is 11.3. The molecule has 4 heteroatoms. The van der Waals surface area contributed by atoms with E-state index in [1.807, 2.05) is 31.4 Å². The molecule has 2 aromatic rings. The second-order valence-electron chi connectivity index (χ2n) is 2.17. The molecule has 0 aliphatic carbocycles. The van der Waals surface area contributed by atoms with E-state index in [-0.39, 0.29) is 5.56 Å². The second-order valence-corrected chi connectivity index (χ2v) is 3.52. The van der Waals surface area contributed by atoms with Crippen molar-refractivity contribution in [3.63, 3.8) is 0 Å². The zero-order valence-corrected chi connectivity index (χ0v) is 9.23. The summed E-state index contributed by atoms with van der Waals surface area (Å²) in [5.74, 6) is 0. The maximum absolute atomic E-state index is 11.3. The third-order valence-corrected chi connectivity index (χ3v) is 2.73. The minimum atomic E-state index is -0.0409. The Kier molecular flexibility index (Phi) is 3.57. The van der Waals surface area contributed by atoms with E-state index in [2.05, 4.69) is 12.8 Å². The zero-order chi connectivity index (χ0) is 9.84. The van der Waals surface area contributed by atoms with Gasteiger partial charge in [0, 0.05) is 6.20 Å². The molecule has 0 spiro atoms. The summed E-state index contributed by atoms with van der Waals surface area (Å²) in [6, 6.07) is 3.80. The molecule has 0 aliphatic heterocycles. The molecule has 0 fully saturated rings. The van der Waals surface area contributed by atoms with E-state index < -0.39 is 0 Å². The van der Waals surface area contributed by atoms with Crippen LogP contribution in [0.15, 0.2) is 28.5 Å². The van der Waals surface area contributed by atoms with Crippen molar-refractivity contribution in [2.24, 2.45) is 0 Å². The van der Waals surface area contributed by atoms with Crippen LogP contribution in [0.25, 0.3) is 10.1 Å². The van der Waals surface area contributed by atoms with E-state index in [4.69, 9.17) is 0 Å². The topological polar surface area (TPSA) is 22.0 Å². The van der Waals surface area contributed by atoms with Gasteiger partial charge in [0.15, 0.2) is 0 Å². The number of thiol groups is 1. The summed E-state index contributed by atoms with van der Waals surface area (Å²) in [5, 5.41) is 2.89. The van der Waals surface area contributed by atoms with Gasteiger partial charge in [-0.15, -0.1) is 11.3 Å². The second kappa shape index (κ2) is 4.48. The Morgan fingerprint density at radius 1 is 1.38 bits per heavy atom. The van der Waals surface area contributed by atoms with Gasteiger partial charge >= 0.3 is 0 Å². The van der Waals surface area contributed by atoms with E-state index in [1.54, 1.807) is 6.20 Å². The van der Waals surface area contributed by atoms with Crippen LogP contribution in [0.1, 0.15) is 13.8 Å². The first kappa shape index (κ1) is 10.3. The number of nitrogens with zero attached hydrogens (tertiary/aromatic N) is 1. The summed E-state index contributed by atoms with van der Waals surface area (Å²) in [6.07, 6.45) is 1.65. The van der Waals surface area contributed by atoms with Gasteiger partial charge in [-0.05, 0) is 22.9 Å². The molecule has 0 aromatic carbocycles. The number of fused-ring (bicyclic) bond motifs is 1. The summed E-state index contributed by atoms with van der Waals surface area (Å²) in [6.45, 7) is 4.00. The van der Waals surface area contributed by atoms with Crippen LogP contribution >= 0.6 is 24.2 Å². The minimum Gasteiger partial charge on any atom is -0.267 e. The molecule has 0 unspecified atom stereocenters. The molecule has 2 aromatic heterocycles. The number of hydrogen-bond donors (Lipinski definition) is 1. The van der Waals surface area contributed by atoms with E-state index in [0.29, 0.717) is 0 Å². The Bertz CT molecular complexity index is 444. The maximum atomic E-state index is 11.3. The van der Waals surface area contributed by atoms with Crippen molar-refractivity contribution in [3.05, 3.63) is 34.1 Å². The molecule has 70 valence electrons. The summed E-state index contributed by atoms with van der Waals surface area (Å²) < 4.78 is 2.06. The summed E-state index contributed by atoms with van der Waals surface area (Å²) >= 11 is 5.41. The van der Waals surface area contributed by atoms with Gasteiger partial charge in [0.1, 0.15) is 4.70 Å². The smallest absolute Gasteiger partial charge is 0.267 e. The van der Waals surface area contributed by atoms with Crippen molar-refractivity contribution in [2.45, 2.75) is 13.8 Å². The molecule has 0 amide bonds. The van der Waals surface area contributed by atoms with Crippen LogP contribution in [0.3, 0.4) is 0 Å². The Labute approximate surface area is 86.4 Å². The Balaban J connectivity index is 0.000000396. The van der Waals surface area contributed by atoms with Crippen molar-refractivity contribution in [1.29, 1.82) is 0 Å². The largest absolute Gasteiger partial charge is 0.278 e. The van der Waals surface area contributed by atoms with Gasteiger partial charge in [0.25, 0.3) is 5.56 Å². The molecule has 2 heterocycles. The average molecular weight is 213 g/mol. The molecule has 0 bridgehead atoms. The van der Waals surface area contributed by atoms with E-state index in [9.17, 15) is 4.79 Å². The van der Waals surface area contributed by atoms with Gasteiger partial charge in [-0.2, -0.15) is 0 Å². The summed E-state index contributed by atoms with van der Waals surface area (Å²) in [7, 11) is 0. The molecule has 0 radical (unpaired) electrons. The SMILES string of the molecule is CC.O=c1c2sccc2ccn1S. The lowest BCUT2D eigenvalue weighted by Gasteiger charge is -1.92. The van der Waals surface area contributed by atoms with E-state index in [1.165, 1.54) is 15.3 Å². The lowest BCUT2D eigenvalue weighted by atomic mass is 10.3. The first-order valence-corrected chi connectivity index (χ1v) is 5.35. The third-order valence-electron chi connectivity index (χ3n) is 1.49. The lowest BCUT2D eigenvalue weighted by Crippen LogP contribution is -2.09. The lowest BCUT2D eigenvalue weighted by molar-refractivity contribution is 1.20. The van der Waals surface area contributed by atoms with Crippen LogP contribution in [-0.4, -0.2) is 3.97 Å². The van der Waals surface area contributed by atoms with Crippen LogP contribution in [0.2, 0.25) is 0 Å². The van der Waals surface area contributed by atoms with Crippen LogP contribution in [0.5, 0.6) is 0 Å². The quantitative estimate of drug-likeness (QED) is 0.668. The Morgan fingerprint density at radius 2 is 2.08 bits per heavy atom. The average Bonchev–Trinajstić information content (AvgIpc) is 2.63. The minimum absolute atomic E-state index is 0.0409. The van der Waals surface area contributed by atoms with Gasteiger partial charge in [0.2, 0.25) is 0 Å².